The number of rotatable bonds is 4. The van der Waals surface area contributed by atoms with Gasteiger partial charge in [-0.1, -0.05) is 20.3 Å². The highest BCUT2D eigenvalue weighted by atomic mass is 15.0. The molecule has 1 aliphatic rings. The van der Waals surface area contributed by atoms with Gasteiger partial charge in [0.05, 0.1) is 5.69 Å². The molecule has 0 amide bonds. The lowest BCUT2D eigenvalue weighted by Crippen LogP contribution is -2.35. The van der Waals surface area contributed by atoms with E-state index in [0.29, 0.717) is 12.0 Å². The molecule has 1 atom stereocenters. The molecule has 2 N–H and O–H groups in total. The Hall–Kier alpha value is -0.830. The number of aromatic amines is 1. The molecule has 1 unspecified atom stereocenters. The van der Waals surface area contributed by atoms with Crippen LogP contribution >= 0.6 is 0 Å². The molecule has 3 nitrogen and oxygen atoms in total. The minimum absolute atomic E-state index is 0.637. The zero-order chi connectivity index (χ0) is 12.3. The van der Waals surface area contributed by atoms with E-state index in [-0.39, 0.29) is 0 Å². The number of nitrogens with zero attached hydrogens (tertiary/aromatic N) is 1. The smallest absolute Gasteiger partial charge is 0.106 e. The fourth-order valence-electron chi connectivity index (χ4n) is 2.58. The molecule has 3 heteroatoms. The summed E-state index contributed by atoms with van der Waals surface area (Å²) in [5, 5.41) is 3.59. The average molecular weight is 235 g/mol. The number of aryl methyl sites for hydroxylation is 1. The van der Waals surface area contributed by atoms with Crippen molar-refractivity contribution in [2.75, 3.05) is 6.54 Å². The van der Waals surface area contributed by atoms with Gasteiger partial charge in [-0.25, -0.2) is 4.98 Å². The van der Waals surface area contributed by atoms with Crippen molar-refractivity contribution in [3.63, 3.8) is 0 Å². The van der Waals surface area contributed by atoms with E-state index in [2.05, 4.69) is 31.1 Å². The third-order valence-corrected chi connectivity index (χ3v) is 3.49. The maximum atomic E-state index is 4.75. The highest BCUT2D eigenvalue weighted by Gasteiger charge is 2.16. The third kappa shape index (κ3) is 3.56. The summed E-state index contributed by atoms with van der Waals surface area (Å²) < 4.78 is 0. The maximum absolute atomic E-state index is 4.75. The summed E-state index contributed by atoms with van der Waals surface area (Å²) in [5.74, 6) is 1.82. The van der Waals surface area contributed by atoms with Crippen molar-refractivity contribution in [3.8, 4) is 0 Å². The van der Waals surface area contributed by atoms with Gasteiger partial charge in [0.1, 0.15) is 5.82 Å². The Balaban J connectivity index is 1.97. The number of H-pyrrole nitrogens is 1. The lowest BCUT2D eigenvalue weighted by atomic mass is 10.00. The van der Waals surface area contributed by atoms with Gasteiger partial charge in [-0.2, -0.15) is 0 Å². The molecule has 1 aromatic rings. The summed E-state index contributed by atoms with van der Waals surface area (Å²) >= 11 is 0. The Morgan fingerprint density at radius 3 is 2.82 bits per heavy atom. The van der Waals surface area contributed by atoms with Crippen molar-refractivity contribution >= 4 is 0 Å². The van der Waals surface area contributed by atoms with Gasteiger partial charge in [0.15, 0.2) is 0 Å². The van der Waals surface area contributed by atoms with Crippen molar-refractivity contribution < 1.29 is 0 Å². The Bertz CT molecular complexity index is 348. The standard InChI is InChI=1S/C14H25N3/c1-10(2)8-14-16-11(3)13(17-14)9-12-6-4-5-7-15-12/h10,12,15H,4-9H2,1-3H3,(H,16,17). The van der Waals surface area contributed by atoms with Crippen LogP contribution in [0.2, 0.25) is 0 Å². The molecule has 0 bridgehead atoms. The van der Waals surface area contributed by atoms with Crippen molar-refractivity contribution in [1.82, 2.24) is 15.3 Å². The fraction of sp³-hybridized carbons (Fsp3) is 0.786. The lowest BCUT2D eigenvalue weighted by molar-refractivity contribution is 0.397. The second-order valence-electron chi connectivity index (χ2n) is 5.70. The first-order chi connectivity index (χ1) is 8.15. The second-order valence-corrected chi connectivity index (χ2v) is 5.70. The lowest BCUT2D eigenvalue weighted by Gasteiger charge is -2.22. The Kier molecular flexibility index (Phi) is 4.21. The van der Waals surface area contributed by atoms with Crippen molar-refractivity contribution in [1.29, 1.82) is 0 Å². The highest BCUT2D eigenvalue weighted by molar-refractivity contribution is 5.15. The van der Waals surface area contributed by atoms with Gasteiger partial charge in [-0.15, -0.1) is 0 Å². The minimum atomic E-state index is 0.637. The molecule has 0 saturated carbocycles. The van der Waals surface area contributed by atoms with Gasteiger partial charge in [-0.05, 0) is 32.2 Å². The second kappa shape index (κ2) is 5.67. The molecule has 17 heavy (non-hydrogen) atoms. The first kappa shape index (κ1) is 12.6. The summed E-state index contributed by atoms with van der Waals surface area (Å²) in [6, 6.07) is 0.637. The molecule has 1 saturated heterocycles. The fourth-order valence-corrected chi connectivity index (χ4v) is 2.58. The predicted octanol–water partition coefficient (Wildman–Crippen LogP) is 2.60. The molecular weight excluding hydrogens is 210 g/mol. The Morgan fingerprint density at radius 1 is 1.35 bits per heavy atom. The van der Waals surface area contributed by atoms with Crippen LogP contribution in [0.15, 0.2) is 0 Å². The number of imidazole rings is 1. The summed E-state index contributed by atoms with van der Waals surface area (Å²) in [4.78, 5) is 8.18. The van der Waals surface area contributed by atoms with Crippen LogP contribution in [0.5, 0.6) is 0 Å². The van der Waals surface area contributed by atoms with Crippen LogP contribution in [-0.4, -0.2) is 22.6 Å². The summed E-state index contributed by atoms with van der Waals surface area (Å²) in [6.07, 6.45) is 6.12. The molecule has 1 fully saturated rings. The molecule has 0 spiro atoms. The predicted molar refractivity (Wildman–Crippen MR) is 71.2 cm³/mol. The van der Waals surface area contributed by atoms with E-state index in [1.807, 2.05) is 0 Å². The molecular formula is C14H25N3. The summed E-state index contributed by atoms with van der Waals surface area (Å²) in [7, 11) is 0. The Morgan fingerprint density at radius 2 is 2.18 bits per heavy atom. The van der Waals surface area contributed by atoms with Gasteiger partial charge in [-0.3, -0.25) is 0 Å². The van der Waals surface area contributed by atoms with Crippen LogP contribution in [0.3, 0.4) is 0 Å². The van der Waals surface area contributed by atoms with Crippen LogP contribution < -0.4 is 5.32 Å². The molecule has 0 radical (unpaired) electrons. The van der Waals surface area contributed by atoms with Crippen molar-refractivity contribution in [3.05, 3.63) is 17.2 Å². The summed E-state index contributed by atoms with van der Waals surface area (Å²) in [6.45, 7) is 7.79. The van der Waals surface area contributed by atoms with E-state index in [1.54, 1.807) is 0 Å². The zero-order valence-electron chi connectivity index (χ0n) is 11.3. The highest BCUT2D eigenvalue weighted by Crippen LogP contribution is 2.15. The quantitative estimate of drug-likeness (QED) is 0.842. The molecule has 0 aromatic carbocycles. The zero-order valence-corrected chi connectivity index (χ0v) is 11.3. The number of hydrogen-bond acceptors (Lipinski definition) is 2. The molecule has 2 heterocycles. The van der Waals surface area contributed by atoms with Crippen LogP contribution in [0.25, 0.3) is 0 Å². The first-order valence-electron chi connectivity index (χ1n) is 6.93. The SMILES string of the molecule is Cc1[nH]c(CC(C)C)nc1CC1CCCCN1. The average Bonchev–Trinajstić information content (AvgIpc) is 2.59. The van der Waals surface area contributed by atoms with E-state index >= 15 is 0 Å². The molecule has 0 aliphatic carbocycles. The number of piperidine rings is 1. The van der Waals surface area contributed by atoms with Crippen LogP contribution in [0.4, 0.5) is 0 Å². The van der Waals surface area contributed by atoms with Gasteiger partial charge in [0.2, 0.25) is 0 Å². The molecule has 96 valence electrons. The Labute approximate surface area is 104 Å². The van der Waals surface area contributed by atoms with Crippen molar-refractivity contribution in [2.24, 2.45) is 5.92 Å². The van der Waals surface area contributed by atoms with Gasteiger partial charge < -0.3 is 10.3 Å². The minimum Gasteiger partial charge on any atom is -0.346 e. The maximum Gasteiger partial charge on any atom is 0.106 e. The van der Waals surface area contributed by atoms with Crippen LogP contribution in [0.1, 0.15) is 50.3 Å². The van der Waals surface area contributed by atoms with Crippen LogP contribution in [0, 0.1) is 12.8 Å². The topological polar surface area (TPSA) is 40.7 Å². The summed E-state index contributed by atoms with van der Waals surface area (Å²) in [5.41, 5.74) is 2.52. The molecule has 1 aromatic heterocycles. The van der Waals surface area contributed by atoms with Gasteiger partial charge in [0, 0.05) is 24.6 Å². The monoisotopic (exact) mass is 235 g/mol. The van der Waals surface area contributed by atoms with Crippen molar-refractivity contribution in [2.45, 2.75) is 58.9 Å². The van der Waals surface area contributed by atoms with Gasteiger partial charge >= 0.3 is 0 Å². The molecule has 2 rings (SSSR count). The largest absolute Gasteiger partial charge is 0.346 e. The van der Waals surface area contributed by atoms with Gasteiger partial charge in [0.25, 0.3) is 0 Å². The van der Waals surface area contributed by atoms with E-state index < -0.39 is 0 Å². The number of aromatic nitrogens is 2. The van der Waals surface area contributed by atoms with E-state index in [9.17, 15) is 0 Å². The third-order valence-electron chi connectivity index (χ3n) is 3.49. The number of nitrogens with one attached hydrogen (secondary N) is 2. The van der Waals surface area contributed by atoms with E-state index in [4.69, 9.17) is 4.98 Å². The van der Waals surface area contributed by atoms with Crippen LogP contribution in [-0.2, 0) is 12.8 Å². The van der Waals surface area contributed by atoms with E-state index in [0.717, 1.165) is 18.7 Å². The first-order valence-corrected chi connectivity index (χ1v) is 6.93. The normalized spacial score (nSPS) is 21.1. The van der Waals surface area contributed by atoms with E-state index in [1.165, 1.54) is 37.2 Å². The molecule has 1 aliphatic heterocycles. The number of hydrogen-bond donors (Lipinski definition) is 2.